The van der Waals surface area contributed by atoms with Crippen LogP contribution in [0.25, 0.3) is 0 Å². The zero-order valence-corrected chi connectivity index (χ0v) is 16.1. The van der Waals surface area contributed by atoms with Crippen LogP contribution < -0.4 is 15.2 Å². The summed E-state index contributed by atoms with van der Waals surface area (Å²) < 4.78 is 0.976. The van der Waals surface area contributed by atoms with Gasteiger partial charge in [-0.05, 0) is 36.4 Å². The first-order chi connectivity index (χ1) is 12.5. The Balaban J connectivity index is 1.82. The maximum atomic E-state index is 11.7. The van der Waals surface area contributed by atoms with E-state index in [9.17, 15) is 10.1 Å². The minimum absolute atomic E-state index is 0.105. The summed E-state index contributed by atoms with van der Waals surface area (Å²) in [4.78, 5) is 14.9. The molecule has 8 heteroatoms. The minimum atomic E-state index is -0.318. The van der Waals surface area contributed by atoms with E-state index in [1.165, 1.54) is 11.1 Å². The van der Waals surface area contributed by atoms with E-state index in [2.05, 4.69) is 38.4 Å². The molecule has 1 saturated heterocycles. The van der Waals surface area contributed by atoms with Crippen molar-refractivity contribution >= 4 is 39.2 Å². The van der Waals surface area contributed by atoms with Crippen molar-refractivity contribution in [1.82, 2.24) is 0 Å². The lowest BCUT2D eigenvalue weighted by Crippen LogP contribution is -3.12. The average Bonchev–Trinajstić information content (AvgIpc) is 2.63. The van der Waals surface area contributed by atoms with Gasteiger partial charge in [-0.3, -0.25) is 15.5 Å². The van der Waals surface area contributed by atoms with Gasteiger partial charge in [0.05, 0.1) is 55.6 Å². The third kappa shape index (κ3) is 4.39. The summed E-state index contributed by atoms with van der Waals surface area (Å²) in [7, 11) is 2.14. The lowest BCUT2D eigenvalue weighted by atomic mass is 10.1. The molecule has 0 atom stereocenters. The molecule has 0 aliphatic carbocycles. The smallest absolute Gasteiger partial charge is 0.301 e. The highest BCUT2D eigenvalue weighted by Gasteiger charge is 2.26. The maximum Gasteiger partial charge on any atom is 0.301 e. The summed E-state index contributed by atoms with van der Waals surface area (Å²) in [6, 6.07) is 12.9. The number of quaternary nitrogens is 1. The van der Waals surface area contributed by atoms with Gasteiger partial charge >= 0.3 is 5.69 Å². The van der Waals surface area contributed by atoms with E-state index < -0.39 is 0 Å². The lowest BCUT2D eigenvalue weighted by molar-refractivity contribution is -0.880. The van der Waals surface area contributed by atoms with E-state index in [1.54, 1.807) is 6.07 Å². The van der Waals surface area contributed by atoms with Crippen LogP contribution >= 0.6 is 15.9 Å². The van der Waals surface area contributed by atoms with Crippen LogP contribution in [0, 0.1) is 10.1 Å². The molecule has 0 spiro atoms. The predicted molar refractivity (Wildman–Crippen MR) is 107 cm³/mol. The fourth-order valence-corrected chi connectivity index (χ4v) is 3.20. The number of halogens is 1. The first-order valence-electron chi connectivity index (χ1n) is 8.43. The molecule has 0 aromatic heterocycles. The second-order valence-electron chi connectivity index (χ2n) is 6.29. The molecule has 0 amide bonds. The first-order valence-corrected chi connectivity index (χ1v) is 9.22. The van der Waals surface area contributed by atoms with E-state index in [1.807, 2.05) is 36.4 Å². The largest absolute Gasteiger partial charge is 0.355 e. The number of piperazine rings is 1. The molecular weight excluding hydrogens is 398 g/mol. The number of para-hydroxylation sites is 1. The molecule has 1 aliphatic rings. The van der Waals surface area contributed by atoms with Crippen molar-refractivity contribution in [2.24, 2.45) is 5.10 Å². The predicted octanol–water partition coefficient (Wildman–Crippen LogP) is 2.14. The molecule has 1 aliphatic heterocycles. The third-order valence-corrected chi connectivity index (χ3v) is 4.96. The number of hydrazone groups is 1. The summed E-state index contributed by atoms with van der Waals surface area (Å²) in [6.07, 6.45) is 1.50. The fourth-order valence-electron chi connectivity index (χ4n) is 2.94. The molecule has 0 radical (unpaired) electrons. The van der Waals surface area contributed by atoms with Gasteiger partial charge in [-0.25, -0.2) is 0 Å². The van der Waals surface area contributed by atoms with Gasteiger partial charge in [-0.1, -0.05) is 22.0 Å². The van der Waals surface area contributed by atoms with Crippen molar-refractivity contribution in [3.63, 3.8) is 0 Å². The Morgan fingerprint density at radius 3 is 2.58 bits per heavy atom. The van der Waals surface area contributed by atoms with Gasteiger partial charge in [0.15, 0.2) is 0 Å². The van der Waals surface area contributed by atoms with Crippen LogP contribution in [-0.4, -0.2) is 44.4 Å². The highest BCUT2D eigenvalue weighted by atomic mass is 79.9. The molecule has 0 bridgehead atoms. The molecular formula is C18H21BrN5O2+. The molecule has 1 heterocycles. The van der Waals surface area contributed by atoms with Gasteiger partial charge in [0.25, 0.3) is 0 Å². The summed E-state index contributed by atoms with van der Waals surface area (Å²) in [5, 5.41) is 15.9. The average molecular weight is 419 g/mol. The number of benzene rings is 2. The van der Waals surface area contributed by atoms with E-state index in [0.29, 0.717) is 11.3 Å². The Labute approximate surface area is 160 Å². The number of rotatable bonds is 5. The van der Waals surface area contributed by atoms with Gasteiger partial charge < -0.3 is 9.80 Å². The number of nitrogens with zero attached hydrogens (tertiary/aromatic N) is 3. The Kier molecular flexibility index (Phi) is 5.85. The van der Waals surface area contributed by atoms with Crippen LogP contribution in [0.3, 0.4) is 0 Å². The highest BCUT2D eigenvalue weighted by molar-refractivity contribution is 9.10. The first kappa shape index (κ1) is 18.3. The standard InChI is InChI=1S/C18H20BrN5O2/c1-22-9-11-23(12-10-22)17-4-2-3-14(18(17)24(25)26)13-20-21-16-7-5-15(19)6-8-16/h2-8,13,21H,9-12H2,1H3/p+1/b20-13-. The molecule has 1 fully saturated rings. The van der Waals surface area contributed by atoms with Gasteiger partial charge in [0.2, 0.25) is 0 Å². The van der Waals surface area contributed by atoms with Gasteiger partial charge in [-0.2, -0.15) is 5.10 Å². The van der Waals surface area contributed by atoms with Crippen molar-refractivity contribution in [3.05, 3.63) is 62.6 Å². The molecule has 0 saturated carbocycles. The number of hydrogen-bond acceptors (Lipinski definition) is 5. The molecule has 0 unspecified atom stereocenters. The molecule has 136 valence electrons. The number of likely N-dealkylation sites (N-methyl/N-ethyl adjacent to an activating group) is 1. The van der Waals surface area contributed by atoms with Crippen LogP contribution in [0.2, 0.25) is 0 Å². The van der Waals surface area contributed by atoms with Crippen LogP contribution in [-0.2, 0) is 0 Å². The number of anilines is 2. The highest BCUT2D eigenvalue weighted by Crippen LogP contribution is 2.31. The number of hydrogen-bond donors (Lipinski definition) is 2. The topological polar surface area (TPSA) is 75.2 Å². The third-order valence-electron chi connectivity index (χ3n) is 4.43. The zero-order valence-electron chi connectivity index (χ0n) is 14.5. The Hall–Kier alpha value is -2.45. The van der Waals surface area contributed by atoms with Crippen LogP contribution in [0.4, 0.5) is 17.1 Å². The zero-order chi connectivity index (χ0) is 18.5. The molecule has 26 heavy (non-hydrogen) atoms. The lowest BCUT2D eigenvalue weighted by Gasteiger charge is -2.31. The van der Waals surface area contributed by atoms with E-state index in [-0.39, 0.29) is 10.6 Å². The summed E-state index contributed by atoms with van der Waals surface area (Å²) >= 11 is 3.38. The second kappa shape index (κ2) is 8.29. The van der Waals surface area contributed by atoms with Crippen molar-refractivity contribution < 1.29 is 9.82 Å². The summed E-state index contributed by atoms with van der Waals surface area (Å²) in [6.45, 7) is 3.57. The molecule has 3 rings (SSSR count). The normalized spacial score (nSPS) is 15.4. The van der Waals surface area contributed by atoms with Gasteiger partial charge in [0.1, 0.15) is 5.69 Å². The molecule has 2 N–H and O–H groups in total. The molecule has 7 nitrogen and oxygen atoms in total. The quantitative estimate of drug-likeness (QED) is 0.443. The summed E-state index contributed by atoms with van der Waals surface area (Å²) in [5.41, 5.74) is 4.97. The number of nitro benzene ring substituents is 1. The van der Waals surface area contributed by atoms with E-state index in [0.717, 1.165) is 36.3 Å². The Bertz CT molecular complexity index is 802. The number of nitrogens with one attached hydrogen (secondary N) is 2. The van der Waals surface area contributed by atoms with Gasteiger partial charge in [-0.15, -0.1) is 0 Å². The van der Waals surface area contributed by atoms with E-state index in [4.69, 9.17) is 0 Å². The van der Waals surface area contributed by atoms with Crippen LogP contribution in [0.1, 0.15) is 5.56 Å². The fraction of sp³-hybridized carbons (Fsp3) is 0.278. The minimum Gasteiger partial charge on any atom is -0.355 e. The Morgan fingerprint density at radius 1 is 1.23 bits per heavy atom. The molecule has 2 aromatic carbocycles. The van der Waals surface area contributed by atoms with E-state index >= 15 is 0 Å². The maximum absolute atomic E-state index is 11.7. The second-order valence-corrected chi connectivity index (χ2v) is 7.21. The van der Waals surface area contributed by atoms with Crippen LogP contribution in [0.5, 0.6) is 0 Å². The van der Waals surface area contributed by atoms with Gasteiger partial charge in [0, 0.05) is 4.47 Å². The van der Waals surface area contributed by atoms with Crippen molar-refractivity contribution in [1.29, 1.82) is 0 Å². The van der Waals surface area contributed by atoms with Crippen molar-refractivity contribution in [2.75, 3.05) is 43.6 Å². The SMILES string of the molecule is C[NH+]1CCN(c2cccc(/C=N\Nc3ccc(Br)cc3)c2[N+](=O)[O-])CC1. The monoisotopic (exact) mass is 418 g/mol. The van der Waals surface area contributed by atoms with Crippen molar-refractivity contribution in [3.8, 4) is 0 Å². The number of nitro groups is 1. The van der Waals surface area contributed by atoms with Crippen LogP contribution in [0.15, 0.2) is 52.0 Å². The van der Waals surface area contributed by atoms with Crippen molar-refractivity contribution in [2.45, 2.75) is 0 Å². The summed E-state index contributed by atoms with van der Waals surface area (Å²) in [5.74, 6) is 0. The molecule has 2 aromatic rings. The Morgan fingerprint density at radius 2 is 1.92 bits per heavy atom.